The van der Waals surface area contributed by atoms with Gasteiger partial charge in [-0.2, -0.15) is 4.39 Å². The van der Waals surface area contributed by atoms with Gasteiger partial charge in [0, 0.05) is 6.20 Å². The molecule has 0 saturated heterocycles. The minimum absolute atomic E-state index is 0.549. The molecule has 0 saturated carbocycles. The van der Waals surface area contributed by atoms with Crippen LogP contribution in [0.3, 0.4) is 0 Å². The lowest BCUT2D eigenvalue weighted by Gasteiger charge is -2.02. The van der Waals surface area contributed by atoms with Gasteiger partial charge in [0.2, 0.25) is 5.95 Å². The molecule has 0 unspecified atom stereocenters. The summed E-state index contributed by atoms with van der Waals surface area (Å²) >= 11 is 0. The summed E-state index contributed by atoms with van der Waals surface area (Å²) in [6, 6.07) is 2.79. The molecule has 0 spiro atoms. The minimum atomic E-state index is -0.627. The fraction of sp³-hybridized carbons (Fsp3) is 0.167. The van der Waals surface area contributed by atoms with Crippen LogP contribution in [0.2, 0.25) is 0 Å². The van der Waals surface area contributed by atoms with Gasteiger partial charge in [0.05, 0.1) is 6.17 Å². The van der Waals surface area contributed by atoms with E-state index in [4.69, 9.17) is 11.5 Å². The summed E-state index contributed by atoms with van der Waals surface area (Å²) in [7, 11) is 0. The van der Waals surface area contributed by atoms with E-state index in [0.717, 1.165) is 0 Å². The van der Waals surface area contributed by atoms with Crippen LogP contribution in [0.4, 0.5) is 4.39 Å². The first-order chi connectivity index (χ1) is 4.70. The first kappa shape index (κ1) is 7.11. The maximum Gasteiger partial charge on any atom is 0.213 e. The predicted octanol–water partition coefficient (Wildman–Crippen LogP) is 0.137. The maximum atomic E-state index is 12.3. The molecule has 1 aromatic heterocycles. The molecule has 0 radical (unpaired) electrons. The quantitative estimate of drug-likeness (QED) is 0.431. The molecule has 0 aliphatic carbocycles. The molecular weight excluding hydrogens is 133 g/mol. The lowest BCUT2D eigenvalue weighted by Crippen LogP contribution is -2.20. The van der Waals surface area contributed by atoms with Gasteiger partial charge < -0.3 is 11.5 Å². The Morgan fingerprint density at radius 1 is 1.50 bits per heavy atom. The molecule has 1 aromatic rings. The van der Waals surface area contributed by atoms with Gasteiger partial charge in [0.1, 0.15) is 0 Å². The summed E-state index contributed by atoms with van der Waals surface area (Å²) in [6.07, 6.45) is 0.703. The molecule has 54 valence electrons. The molecule has 0 fully saturated rings. The number of halogens is 1. The van der Waals surface area contributed by atoms with Crippen LogP contribution in [0.25, 0.3) is 0 Å². The predicted molar refractivity (Wildman–Crippen MR) is 35.3 cm³/mol. The van der Waals surface area contributed by atoms with Crippen molar-refractivity contribution in [1.82, 2.24) is 4.98 Å². The molecular formula is C6H8FN3. The van der Waals surface area contributed by atoms with Gasteiger partial charge >= 0.3 is 0 Å². The zero-order valence-electron chi connectivity index (χ0n) is 5.29. The Morgan fingerprint density at radius 2 is 2.20 bits per heavy atom. The lowest BCUT2D eigenvalue weighted by atomic mass is 10.2. The van der Waals surface area contributed by atoms with Gasteiger partial charge in [0.15, 0.2) is 0 Å². The molecule has 0 aliphatic heterocycles. The third-order valence-corrected chi connectivity index (χ3v) is 1.14. The van der Waals surface area contributed by atoms with E-state index >= 15 is 0 Å². The second kappa shape index (κ2) is 2.72. The van der Waals surface area contributed by atoms with Crippen LogP contribution in [0.1, 0.15) is 11.7 Å². The molecule has 0 aromatic carbocycles. The number of nitrogens with two attached hydrogens (primary N) is 2. The average Bonchev–Trinajstić information content (AvgIpc) is 1.88. The van der Waals surface area contributed by atoms with Gasteiger partial charge in [-0.3, -0.25) is 0 Å². The first-order valence-electron chi connectivity index (χ1n) is 2.83. The molecule has 1 heterocycles. The molecule has 0 amide bonds. The van der Waals surface area contributed by atoms with Crippen LogP contribution >= 0.6 is 0 Å². The van der Waals surface area contributed by atoms with Crippen LogP contribution in [-0.4, -0.2) is 4.98 Å². The Labute approximate surface area is 57.9 Å². The maximum absolute atomic E-state index is 12.3. The number of pyridine rings is 1. The summed E-state index contributed by atoms with van der Waals surface area (Å²) in [5, 5.41) is 0. The van der Waals surface area contributed by atoms with E-state index in [1.807, 2.05) is 0 Å². The van der Waals surface area contributed by atoms with E-state index in [1.165, 1.54) is 12.3 Å². The van der Waals surface area contributed by atoms with Crippen LogP contribution in [0, 0.1) is 5.95 Å². The molecule has 0 bridgehead atoms. The standard InChI is InChI=1S/C6H8FN3/c7-5-3-4(6(8)9)1-2-10-5/h1-3,6H,8-9H2. The summed E-state index contributed by atoms with van der Waals surface area (Å²) in [4.78, 5) is 3.34. The van der Waals surface area contributed by atoms with Gasteiger partial charge in [-0.25, -0.2) is 4.98 Å². The Morgan fingerprint density at radius 3 is 2.60 bits per heavy atom. The molecule has 4 heteroatoms. The Balaban J connectivity index is 2.96. The highest BCUT2D eigenvalue weighted by atomic mass is 19.1. The van der Waals surface area contributed by atoms with E-state index in [2.05, 4.69) is 4.98 Å². The highest BCUT2D eigenvalue weighted by Gasteiger charge is 1.99. The summed E-state index contributed by atoms with van der Waals surface area (Å²) < 4.78 is 12.3. The van der Waals surface area contributed by atoms with Crippen molar-refractivity contribution < 1.29 is 4.39 Å². The Hall–Kier alpha value is -1.00. The van der Waals surface area contributed by atoms with E-state index in [-0.39, 0.29) is 0 Å². The van der Waals surface area contributed by atoms with Crippen molar-refractivity contribution in [2.24, 2.45) is 11.5 Å². The molecule has 0 aliphatic rings. The summed E-state index contributed by atoms with van der Waals surface area (Å²) in [6.45, 7) is 0. The minimum Gasteiger partial charge on any atom is -0.312 e. The topological polar surface area (TPSA) is 64.9 Å². The van der Waals surface area contributed by atoms with Crippen molar-refractivity contribution in [3.63, 3.8) is 0 Å². The lowest BCUT2D eigenvalue weighted by molar-refractivity contribution is 0.577. The van der Waals surface area contributed by atoms with Gasteiger partial charge in [-0.15, -0.1) is 0 Å². The third-order valence-electron chi connectivity index (χ3n) is 1.14. The number of hydrogen-bond acceptors (Lipinski definition) is 3. The zero-order chi connectivity index (χ0) is 7.56. The smallest absolute Gasteiger partial charge is 0.213 e. The molecule has 3 nitrogen and oxygen atoms in total. The van der Waals surface area contributed by atoms with Crippen LogP contribution in [0.15, 0.2) is 18.3 Å². The monoisotopic (exact) mass is 141 g/mol. The van der Waals surface area contributed by atoms with Gasteiger partial charge in [0.25, 0.3) is 0 Å². The molecule has 0 atom stereocenters. The van der Waals surface area contributed by atoms with Crippen molar-refractivity contribution in [3.05, 3.63) is 29.8 Å². The summed E-state index contributed by atoms with van der Waals surface area (Å²) in [5.41, 5.74) is 11.1. The normalized spacial score (nSPS) is 10.4. The van der Waals surface area contributed by atoms with E-state index in [1.54, 1.807) is 6.07 Å². The van der Waals surface area contributed by atoms with Crippen molar-refractivity contribution in [3.8, 4) is 0 Å². The third kappa shape index (κ3) is 1.49. The van der Waals surface area contributed by atoms with Crippen molar-refractivity contribution in [1.29, 1.82) is 0 Å². The van der Waals surface area contributed by atoms with E-state index in [0.29, 0.717) is 5.56 Å². The Kier molecular flexibility index (Phi) is 1.94. The van der Waals surface area contributed by atoms with E-state index < -0.39 is 12.1 Å². The summed E-state index contributed by atoms with van der Waals surface area (Å²) in [5.74, 6) is -0.557. The number of nitrogens with zero attached hydrogens (tertiary/aromatic N) is 1. The molecule has 1 rings (SSSR count). The number of aromatic nitrogens is 1. The van der Waals surface area contributed by atoms with E-state index in [9.17, 15) is 4.39 Å². The fourth-order valence-electron chi connectivity index (χ4n) is 0.625. The van der Waals surface area contributed by atoms with Gasteiger partial charge in [-0.05, 0) is 17.7 Å². The SMILES string of the molecule is NC(N)c1ccnc(F)c1. The molecule has 10 heavy (non-hydrogen) atoms. The molecule has 4 N–H and O–H groups in total. The van der Waals surface area contributed by atoms with Crippen molar-refractivity contribution in [2.75, 3.05) is 0 Å². The van der Waals surface area contributed by atoms with Gasteiger partial charge in [-0.1, -0.05) is 0 Å². The number of hydrogen-bond donors (Lipinski definition) is 2. The second-order valence-corrected chi connectivity index (χ2v) is 1.94. The van der Waals surface area contributed by atoms with Crippen molar-refractivity contribution >= 4 is 0 Å². The second-order valence-electron chi connectivity index (χ2n) is 1.94. The number of rotatable bonds is 1. The zero-order valence-corrected chi connectivity index (χ0v) is 5.29. The Bertz CT molecular complexity index is 224. The highest BCUT2D eigenvalue weighted by molar-refractivity contribution is 5.13. The highest BCUT2D eigenvalue weighted by Crippen LogP contribution is 2.03. The largest absolute Gasteiger partial charge is 0.312 e. The van der Waals surface area contributed by atoms with Crippen molar-refractivity contribution in [2.45, 2.75) is 6.17 Å². The fourth-order valence-corrected chi connectivity index (χ4v) is 0.625. The van der Waals surface area contributed by atoms with Crippen LogP contribution in [-0.2, 0) is 0 Å². The van der Waals surface area contributed by atoms with Crippen LogP contribution < -0.4 is 11.5 Å². The van der Waals surface area contributed by atoms with Crippen LogP contribution in [0.5, 0.6) is 0 Å². The first-order valence-corrected chi connectivity index (χ1v) is 2.83. The average molecular weight is 141 g/mol.